The Balaban J connectivity index is 2.37. The second-order valence-electron chi connectivity index (χ2n) is 3.72. The van der Waals surface area contributed by atoms with Crippen LogP contribution in [0.1, 0.15) is 25.5 Å². The molecule has 0 bridgehead atoms. The van der Waals surface area contributed by atoms with E-state index in [9.17, 15) is 4.79 Å². The SMILES string of the molecule is COc1ccnc(C2(C(C)=O)CC2)c1. The van der Waals surface area contributed by atoms with Crippen molar-refractivity contribution in [1.82, 2.24) is 4.98 Å². The summed E-state index contributed by atoms with van der Waals surface area (Å²) < 4.78 is 5.11. The predicted molar refractivity (Wildman–Crippen MR) is 52.4 cm³/mol. The van der Waals surface area contributed by atoms with E-state index >= 15 is 0 Å². The summed E-state index contributed by atoms with van der Waals surface area (Å²) in [7, 11) is 1.62. The Labute approximate surface area is 83.1 Å². The molecule has 0 radical (unpaired) electrons. The van der Waals surface area contributed by atoms with E-state index < -0.39 is 0 Å². The fourth-order valence-corrected chi connectivity index (χ4v) is 1.71. The fraction of sp³-hybridized carbons (Fsp3) is 0.455. The van der Waals surface area contributed by atoms with Crippen molar-refractivity contribution in [2.24, 2.45) is 0 Å². The number of carbonyl (C=O) groups excluding carboxylic acids is 1. The molecule has 0 amide bonds. The normalized spacial score (nSPS) is 17.6. The molecule has 1 aromatic heterocycles. The van der Waals surface area contributed by atoms with Gasteiger partial charge in [0.05, 0.1) is 18.2 Å². The van der Waals surface area contributed by atoms with Crippen LogP contribution in [0, 0.1) is 0 Å². The van der Waals surface area contributed by atoms with Crippen molar-refractivity contribution in [2.75, 3.05) is 7.11 Å². The largest absolute Gasteiger partial charge is 0.497 e. The molecular weight excluding hydrogens is 178 g/mol. The van der Waals surface area contributed by atoms with Crippen molar-refractivity contribution in [3.8, 4) is 5.75 Å². The van der Waals surface area contributed by atoms with E-state index in [0.717, 1.165) is 24.3 Å². The molecule has 3 heteroatoms. The van der Waals surface area contributed by atoms with E-state index in [2.05, 4.69) is 4.98 Å². The standard InChI is InChI=1S/C11H13NO2/c1-8(13)11(4-5-11)10-7-9(14-2)3-6-12-10/h3,6-7H,4-5H2,1-2H3. The van der Waals surface area contributed by atoms with Gasteiger partial charge in [0.1, 0.15) is 11.5 Å². The van der Waals surface area contributed by atoms with Crippen LogP contribution in [0.5, 0.6) is 5.75 Å². The van der Waals surface area contributed by atoms with Crippen LogP contribution in [-0.2, 0) is 10.2 Å². The summed E-state index contributed by atoms with van der Waals surface area (Å²) in [6.45, 7) is 1.63. The van der Waals surface area contributed by atoms with Gasteiger partial charge in [-0.25, -0.2) is 0 Å². The summed E-state index contributed by atoms with van der Waals surface area (Å²) in [5, 5.41) is 0. The third-order valence-electron chi connectivity index (χ3n) is 2.88. The predicted octanol–water partition coefficient (Wildman–Crippen LogP) is 1.71. The Morgan fingerprint density at radius 2 is 2.29 bits per heavy atom. The molecule has 1 fully saturated rings. The number of aromatic nitrogens is 1. The van der Waals surface area contributed by atoms with Crippen LogP contribution >= 0.6 is 0 Å². The number of hydrogen-bond acceptors (Lipinski definition) is 3. The van der Waals surface area contributed by atoms with Gasteiger partial charge in [-0.1, -0.05) is 0 Å². The zero-order valence-electron chi connectivity index (χ0n) is 8.41. The lowest BCUT2D eigenvalue weighted by Gasteiger charge is -2.11. The third-order valence-corrected chi connectivity index (χ3v) is 2.88. The van der Waals surface area contributed by atoms with Crippen molar-refractivity contribution in [3.63, 3.8) is 0 Å². The van der Waals surface area contributed by atoms with Gasteiger partial charge in [-0.2, -0.15) is 0 Å². The monoisotopic (exact) mass is 191 g/mol. The molecule has 0 N–H and O–H groups in total. The van der Waals surface area contributed by atoms with E-state index in [1.165, 1.54) is 0 Å². The van der Waals surface area contributed by atoms with E-state index in [1.54, 1.807) is 26.3 Å². The highest BCUT2D eigenvalue weighted by atomic mass is 16.5. The molecule has 74 valence electrons. The highest BCUT2D eigenvalue weighted by Gasteiger charge is 2.50. The minimum Gasteiger partial charge on any atom is -0.497 e. The van der Waals surface area contributed by atoms with Gasteiger partial charge in [-0.3, -0.25) is 9.78 Å². The Morgan fingerprint density at radius 1 is 1.57 bits per heavy atom. The zero-order chi connectivity index (χ0) is 10.2. The van der Waals surface area contributed by atoms with Gasteiger partial charge < -0.3 is 4.74 Å². The van der Waals surface area contributed by atoms with E-state index in [4.69, 9.17) is 4.74 Å². The number of ether oxygens (including phenoxy) is 1. The number of pyridine rings is 1. The minimum atomic E-state index is -0.297. The van der Waals surface area contributed by atoms with Crippen LogP contribution in [0.3, 0.4) is 0 Å². The highest BCUT2D eigenvalue weighted by Crippen LogP contribution is 2.48. The molecule has 0 aliphatic heterocycles. The summed E-state index contributed by atoms with van der Waals surface area (Å²) in [4.78, 5) is 15.7. The Bertz CT molecular complexity index is 369. The van der Waals surface area contributed by atoms with Gasteiger partial charge in [0.25, 0.3) is 0 Å². The average molecular weight is 191 g/mol. The smallest absolute Gasteiger partial charge is 0.141 e. The molecule has 1 aliphatic carbocycles. The second-order valence-corrected chi connectivity index (χ2v) is 3.72. The van der Waals surface area contributed by atoms with Crippen molar-refractivity contribution >= 4 is 5.78 Å². The van der Waals surface area contributed by atoms with Crippen molar-refractivity contribution in [1.29, 1.82) is 0 Å². The topological polar surface area (TPSA) is 39.2 Å². The number of ketones is 1. The van der Waals surface area contributed by atoms with Crippen molar-refractivity contribution in [3.05, 3.63) is 24.0 Å². The summed E-state index contributed by atoms with van der Waals surface area (Å²) in [5.41, 5.74) is 0.554. The molecule has 1 saturated carbocycles. The van der Waals surface area contributed by atoms with Crippen LogP contribution in [0.25, 0.3) is 0 Å². The molecule has 1 aromatic rings. The minimum absolute atomic E-state index is 0.207. The van der Waals surface area contributed by atoms with Gasteiger partial charge >= 0.3 is 0 Å². The van der Waals surface area contributed by atoms with Crippen molar-refractivity contribution in [2.45, 2.75) is 25.2 Å². The van der Waals surface area contributed by atoms with Crippen LogP contribution in [-0.4, -0.2) is 17.9 Å². The van der Waals surface area contributed by atoms with Gasteiger partial charge in [-0.05, 0) is 25.8 Å². The number of rotatable bonds is 3. The summed E-state index contributed by atoms with van der Waals surface area (Å²) in [6.07, 6.45) is 3.53. The maximum absolute atomic E-state index is 11.4. The van der Waals surface area contributed by atoms with Gasteiger partial charge in [-0.15, -0.1) is 0 Å². The van der Waals surface area contributed by atoms with E-state index in [-0.39, 0.29) is 11.2 Å². The molecule has 1 aliphatic rings. The van der Waals surface area contributed by atoms with Crippen LogP contribution in [0.15, 0.2) is 18.3 Å². The summed E-state index contributed by atoms with van der Waals surface area (Å²) >= 11 is 0. The Morgan fingerprint density at radius 3 is 2.79 bits per heavy atom. The van der Waals surface area contributed by atoms with Gasteiger partial charge in [0, 0.05) is 12.3 Å². The third kappa shape index (κ3) is 1.29. The number of methoxy groups -OCH3 is 1. The maximum Gasteiger partial charge on any atom is 0.141 e. The summed E-state index contributed by atoms with van der Waals surface area (Å²) in [5.74, 6) is 0.973. The van der Waals surface area contributed by atoms with Crippen molar-refractivity contribution < 1.29 is 9.53 Å². The lowest BCUT2D eigenvalue weighted by Crippen LogP contribution is -2.18. The first-order valence-corrected chi connectivity index (χ1v) is 4.70. The van der Waals surface area contributed by atoms with Crippen LogP contribution < -0.4 is 4.74 Å². The molecule has 0 atom stereocenters. The van der Waals surface area contributed by atoms with Gasteiger partial charge in [0.15, 0.2) is 0 Å². The number of Topliss-reactive ketones (excluding diaryl/α,β-unsaturated/α-hetero) is 1. The molecule has 14 heavy (non-hydrogen) atoms. The Hall–Kier alpha value is -1.38. The maximum atomic E-state index is 11.4. The molecule has 3 nitrogen and oxygen atoms in total. The van der Waals surface area contributed by atoms with Crippen LogP contribution in [0.4, 0.5) is 0 Å². The number of nitrogens with zero attached hydrogens (tertiary/aromatic N) is 1. The molecule has 0 spiro atoms. The number of hydrogen-bond donors (Lipinski definition) is 0. The summed E-state index contributed by atoms with van der Waals surface area (Å²) in [6, 6.07) is 3.65. The molecule has 1 heterocycles. The Kier molecular flexibility index (Phi) is 2.02. The highest BCUT2D eigenvalue weighted by molar-refractivity contribution is 5.90. The molecule has 0 aromatic carbocycles. The zero-order valence-corrected chi connectivity index (χ0v) is 8.41. The average Bonchev–Trinajstić information content (AvgIpc) is 2.98. The van der Waals surface area contributed by atoms with Gasteiger partial charge in [0.2, 0.25) is 0 Å². The first-order chi connectivity index (χ1) is 6.69. The molecular formula is C11H13NO2. The molecule has 0 saturated heterocycles. The molecule has 2 rings (SSSR count). The first kappa shape index (κ1) is 9.19. The second kappa shape index (κ2) is 3.08. The van der Waals surface area contributed by atoms with Crippen LogP contribution in [0.2, 0.25) is 0 Å². The quantitative estimate of drug-likeness (QED) is 0.730. The van der Waals surface area contributed by atoms with E-state index in [0.29, 0.717) is 0 Å². The lowest BCUT2D eigenvalue weighted by atomic mass is 9.97. The lowest BCUT2D eigenvalue weighted by molar-refractivity contribution is -0.119. The first-order valence-electron chi connectivity index (χ1n) is 4.70. The van der Waals surface area contributed by atoms with E-state index in [1.807, 2.05) is 6.07 Å². The fourth-order valence-electron chi connectivity index (χ4n) is 1.71. The molecule has 0 unspecified atom stereocenters. The number of carbonyl (C=O) groups is 1.